The molecule has 2 aliphatic heterocycles. The van der Waals surface area contributed by atoms with Gasteiger partial charge in [0, 0.05) is 19.6 Å². The van der Waals surface area contributed by atoms with Crippen molar-refractivity contribution in [2.75, 3.05) is 31.1 Å². The summed E-state index contributed by atoms with van der Waals surface area (Å²) in [7, 11) is 0. The molecule has 3 heterocycles. The molecule has 132 valence electrons. The predicted molar refractivity (Wildman–Crippen MR) is 85.2 cm³/mol. The number of aromatic carboxylic acids is 1. The van der Waals surface area contributed by atoms with E-state index in [1.165, 1.54) is 0 Å². The van der Waals surface area contributed by atoms with Gasteiger partial charge in [0.05, 0.1) is 0 Å². The minimum absolute atomic E-state index is 0.0247. The van der Waals surface area contributed by atoms with Crippen molar-refractivity contribution in [3.63, 3.8) is 0 Å². The van der Waals surface area contributed by atoms with Crippen LogP contribution in [0, 0.1) is 5.41 Å². The minimum Gasteiger partial charge on any atom is -0.480 e. The largest absolute Gasteiger partial charge is 0.480 e. The number of piperidine rings is 1. The molecule has 2 fully saturated rings. The molecule has 0 unspecified atom stereocenters. The van der Waals surface area contributed by atoms with Crippen LogP contribution in [0.3, 0.4) is 0 Å². The molecular weight excluding hydrogens is 314 g/mol. The molecule has 24 heavy (non-hydrogen) atoms. The monoisotopic (exact) mass is 337 g/mol. The SMILES string of the molecule is CCCN1CC2(CCN(c3nc(C(=O)O)co3)CC2)C[C@H]1C(=O)O. The van der Waals surface area contributed by atoms with Gasteiger partial charge in [-0.1, -0.05) is 6.92 Å². The standard InChI is InChI=1S/C16H23N3O5/c1-2-5-19-10-16(8-12(19)14(22)23)3-6-18(7-4-16)15-17-11(9-24-15)13(20)21/h9,12H,2-8,10H2,1H3,(H,20,21)(H,22,23)/t12-/m0/s1. The molecule has 2 N–H and O–H groups in total. The number of anilines is 1. The summed E-state index contributed by atoms with van der Waals surface area (Å²) in [4.78, 5) is 30.4. The lowest BCUT2D eigenvalue weighted by molar-refractivity contribution is -0.142. The molecule has 0 amide bonds. The van der Waals surface area contributed by atoms with Crippen molar-refractivity contribution >= 4 is 18.0 Å². The van der Waals surface area contributed by atoms with Crippen LogP contribution in [0.25, 0.3) is 0 Å². The Morgan fingerprint density at radius 1 is 1.38 bits per heavy atom. The van der Waals surface area contributed by atoms with Gasteiger partial charge in [0.1, 0.15) is 12.3 Å². The van der Waals surface area contributed by atoms with Crippen LogP contribution in [0.15, 0.2) is 10.7 Å². The van der Waals surface area contributed by atoms with Crippen molar-refractivity contribution in [2.24, 2.45) is 5.41 Å². The van der Waals surface area contributed by atoms with Gasteiger partial charge in [-0.15, -0.1) is 0 Å². The average molecular weight is 337 g/mol. The number of hydrogen-bond acceptors (Lipinski definition) is 6. The zero-order chi connectivity index (χ0) is 17.3. The topological polar surface area (TPSA) is 107 Å². The van der Waals surface area contributed by atoms with Gasteiger partial charge < -0.3 is 19.5 Å². The summed E-state index contributed by atoms with van der Waals surface area (Å²) in [6.45, 7) is 5.09. The van der Waals surface area contributed by atoms with Gasteiger partial charge in [-0.05, 0) is 37.6 Å². The van der Waals surface area contributed by atoms with Gasteiger partial charge >= 0.3 is 11.9 Å². The molecule has 1 aromatic rings. The zero-order valence-electron chi connectivity index (χ0n) is 13.8. The molecule has 1 atom stereocenters. The molecule has 0 aliphatic carbocycles. The van der Waals surface area contributed by atoms with Crippen LogP contribution in [0.2, 0.25) is 0 Å². The number of oxazole rings is 1. The maximum Gasteiger partial charge on any atom is 0.357 e. The molecule has 3 rings (SSSR count). The van der Waals surface area contributed by atoms with Gasteiger partial charge in [-0.2, -0.15) is 4.98 Å². The Morgan fingerprint density at radius 2 is 2.08 bits per heavy atom. The summed E-state index contributed by atoms with van der Waals surface area (Å²) in [5.41, 5.74) is -0.0667. The van der Waals surface area contributed by atoms with E-state index in [0.717, 1.165) is 38.6 Å². The number of rotatable bonds is 5. The third-order valence-electron chi connectivity index (χ3n) is 5.21. The van der Waals surface area contributed by atoms with Crippen LogP contribution in [-0.4, -0.2) is 64.3 Å². The lowest BCUT2D eigenvalue weighted by atomic mass is 9.76. The van der Waals surface area contributed by atoms with Gasteiger partial charge in [-0.3, -0.25) is 9.69 Å². The normalized spacial score (nSPS) is 23.7. The second-order valence-electron chi connectivity index (χ2n) is 6.84. The number of carboxylic acid groups (broad SMARTS) is 2. The molecule has 8 nitrogen and oxygen atoms in total. The average Bonchev–Trinajstić information content (AvgIpc) is 3.15. The number of aromatic nitrogens is 1. The first-order chi connectivity index (χ1) is 11.4. The van der Waals surface area contributed by atoms with Crippen molar-refractivity contribution in [3.05, 3.63) is 12.0 Å². The van der Waals surface area contributed by atoms with Crippen molar-refractivity contribution in [1.82, 2.24) is 9.88 Å². The Morgan fingerprint density at radius 3 is 2.62 bits per heavy atom. The fraction of sp³-hybridized carbons (Fsp3) is 0.688. The third-order valence-corrected chi connectivity index (χ3v) is 5.21. The second-order valence-corrected chi connectivity index (χ2v) is 6.84. The molecule has 0 saturated carbocycles. The number of carboxylic acids is 2. The Hall–Kier alpha value is -2.09. The Kier molecular flexibility index (Phi) is 4.49. The van der Waals surface area contributed by atoms with Crippen molar-refractivity contribution < 1.29 is 24.2 Å². The van der Waals surface area contributed by atoms with E-state index >= 15 is 0 Å². The lowest BCUT2D eigenvalue weighted by Crippen LogP contribution is -2.42. The highest BCUT2D eigenvalue weighted by atomic mass is 16.4. The molecule has 2 saturated heterocycles. The predicted octanol–water partition coefficient (Wildman–Crippen LogP) is 1.53. The second kappa shape index (κ2) is 6.43. The maximum atomic E-state index is 11.5. The summed E-state index contributed by atoms with van der Waals surface area (Å²) in [5, 5.41) is 18.4. The Labute approximate surface area is 140 Å². The number of carbonyl (C=O) groups is 2. The van der Waals surface area contributed by atoms with Crippen LogP contribution in [0.1, 0.15) is 43.1 Å². The summed E-state index contributed by atoms with van der Waals surface area (Å²) in [6.07, 6.45) is 4.51. The first-order valence-electron chi connectivity index (χ1n) is 8.35. The fourth-order valence-corrected chi connectivity index (χ4v) is 3.95. The number of nitrogens with zero attached hydrogens (tertiary/aromatic N) is 3. The minimum atomic E-state index is -1.10. The van der Waals surface area contributed by atoms with Gasteiger partial charge in [0.2, 0.25) is 0 Å². The van der Waals surface area contributed by atoms with Gasteiger partial charge in [0.15, 0.2) is 5.69 Å². The van der Waals surface area contributed by atoms with E-state index in [4.69, 9.17) is 9.52 Å². The van der Waals surface area contributed by atoms with E-state index in [0.29, 0.717) is 25.5 Å². The highest BCUT2D eigenvalue weighted by molar-refractivity contribution is 5.85. The quantitative estimate of drug-likeness (QED) is 0.833. The molecule has 1 spiro atoms. The van der Waals surface area contributed by atoms with E-state index in [1.54, 1.807) is 0 Å². The first kappa shape index (κ1) is 16.8. The van der Waals surface area contributed by atoms with Crippen LogP contribution in [0.5, 0.6) is 0 Å². The van der Waals surface area contributed by atoms with E-state index in [-0.39, 0.29) is 11.1 Å². The summed E-state index contributed by atoms with van der Waals surface area (Å²) < 4.78 is 5.26. The lowest BCUT2D eigenvalue weighted by Gasteiger charge is -2.38. The third kappa shape index (κ3) is 3.10. The van der Waals surface area contributed by atoms with E-state index < -0.39 is 18.0 Å². The Bertz CT molecular complexity index is 621. The number of aliphatic carboxylic acids is 1. The van der Waals surface area contributed by atoms with E-state index in [1.807, 2.05) is 4.90 Å². The van der Waals surface area contributed by atoms with Gasteiger partial charge in [0.25, 0.3) is 6.01 Å². The molecule has 1 aromatic heterocycles. The summed E-state index contributed by atoms with van der Waals surface area (Å²) in [6, 6.07) is -0.0581. The summed E-state index contributed by atoms with van der Waals surface area (Å²) in [5.74, 6) is -1.84. The summed E-state index contributed by atoms with van der Waals surface area (Å²) >= 11 is 0. The highest BCUT2D eigenvalue weighted by Crippen LogP contribution is 2.44. The van der Waals surface area contributed by atoms with Crippen molar-refractivity contribution in [2.45, 2.75) is 38.6 Å². The van der Waals surface area contributed by atoms with E-state index in [2.05, 4.69) is 16.8 Å². The van der Waals surface area contributed by atoms with Crippen molar-refractivity contribution in [3.8, 4) is 0 Å². The first-order valence-corrected chi connectivity index (χ1v) is 8.35. The molecule has 2 aliphatic rings. The molecular formula is C16H23N3O5. The van der Waals surface area contributed by atoms with Crippen molar-refractivity contribution in [1.29, 1.82) is 0 Å². The van der Waals surface area contributed by atoms with Crippen LogP contribution < -0.4 is 4.90 Å². The number of likely N-dealkylation sites (tertiary alicyclic amines) is 1. The van der Waals surface area contributed by atoms with Crippen LogP contribution in [-0.2, 0) is 4.79 Å². The smallest absolute Gasteiger partial charge is 0.357 e. The van der Waals surface area contributed by atoms with Crippen LogP contribution >= 0.6 is 0 Å². The highest BCUT2D eigenvalue weighted by Gasteiger charge is 2.48. The zero-order valence-corrected chi connectivity index (χ0v) is 13.8. The fourth-order valence-electron chi connectivity index (χ4n) is 3.95. The molecule has 8 heteroatoms. The molecule has 0 aromatic carbocycles. The Balaban J connectivity index is 1.65. The molecule has 0 bridgehead atoms. The maximum absolute atomic E-state index is 11.5. The van der Waals surface area contributed by atoms with Crippen LogP contribution in [0.4, 0.5) is 6.01 Å². The number of hydrogen-bond donors (Lipinski definition) is 2. The molecule has 0 radical (unpaired) electrons. The van der Waals surface area contributed by atoms with Gasteiger partial charge in [-0.25, -0.2) is 4.79 Å². The van der Waals surface area contributed by atoms with E-state index in [9.17, 15) is 14.7 Å².